The Balaban J connectivity index is 3.92. The summed E-state index contributed by atoms with van der Waals surface area (Å²) in [7, 11) is 0. The van der Waals surface area contributed by atoms with E-state index in [1.807, 2.05) is 0 Å². The number of rotatable bonds is 2. The Labute approximate surface area is 51.7 Å². The third-order valence-electron chi connectivity index (χ3n) is 0.662. The summed E-state index contributed by atoms with van der Waals surface area (Å²) in [6.45, 7) is 4.76. The van der Waals surface area contributed by atoms with E-state index in [0.29, 0.717) is 5.57 Å². The van der Waals surface area contributed by atoms with E-state index in [1.54, 1.807) is 0 Å². The molecule has 52 valence electrons. The molecule has 0 atom stereocenters. The molecule has 9 heavy (non-hydrogen) atoms. The van der Waals surface area contributed by atoms with Crippen LogP contribution in [0.25, 0.3) is 0 Å². The van der Waals surface area contributed by atoms with Crippen LogP contribution in [0.2, 0.25) is 0 Å². The van der Waals surface area contributed by atoms with Gasteiger partial charge in [-0.25, -0.2) is 4.39 Å². The smallest absolute Gasteiger partial charge is 0.206 e. The zero-order valence-corrected chi connectivity index (χ0v) is 5.05. The van der Waals surface area contributed by atoms with Crippen molar-refractivity contribution in [2.24, 2.45) is 0 Å². The molecule has 0 aromatic carbocycles. The van der Waals surface area contributed by atoms with Gasteiger partial charge in [-0.15, -0.1) is 0 Å². The highest BCUT2D eigenvalue weighted by atomic mass is 19.3. The van der Waals surface area contributed by atoms with E-state index in [9.17, 15) is 13.2 Å². The Hall–Kier alpha value is -0.730. The van der Waals surface area contributed by atoms with Gasteiger partial charge in [0.2, 0.25) is 0 Å². The van der Waals surface area contributed by atoms with Gasteiger partial charge < -0.3 is 0 Å². The molecule has 0 radical (unpaired) electrons. The lowest BCUT2D eigenvalue weighted by molar-refractivity contribution is 0.374. The van der Waals surface area contributed by atoms with Crippen LogP contribution in [0.1, 0.15) is 13.3 Å². The molecule has 0 rings (SSSR count). The van der Waals surface area contributed by atoms with Crippen LogP contribution < -0.4 is 0 Å². The van der Waals surface area contributed by atoms with E-state index in [-0.39, 0.29) is 6.42 Å². The second-order valence-electron chi connectivity index (χ2n) is 1.80. The van der Waals surface area contributed by atoms with Gasteiger partial charge in [-0.2, -0.15) is 8.78 Å². The Kier molecular flexibility index (Phi) is 3.06. The summed E-state index contributed by atoms with van der Waals surface area (Å²) >= 11 is 0. The van der Waals surface area contributed by atoms with Crippen LogP contribution in [0.3, 0.4) is 0 Å². The maximum atomic E-state index is 11.8. The van der Waals surface area contributed by atoms with E-state index in [2.05, 4.69) is 6.58 Å². The molecule has 0 amide bonds. The van der Waals surface area contributed by atoms with Crippen molar-refractivity contribution < 1.29 is 13.2 Å². The Bertz CT molecular complexity index is 142. The van der Waals surface area contributed by atoms with Gasteiger partial charge in [-0.3, -0.25) is 0 Å². The lowest BCUT2D eigenvalue weighted by Crippen LogP contribution is -1.77. The molecule has 0 aliphatic carbocycles. The van der Waals surface area contributed by atoms with Gasteiger partial charge in [0.25, 0.3) is 0 Å². The highest BCUT2D eigenvalue weighted by Crippen LogP contribution is 2.16. The van der Waals surface area contributed by atoms with Gasteiger partial charge >= 0.3 is 6.08 Å². The van der Waals surface area contributed by atoms with Crippen LogP contribution >= 0.6 is 0 Å². The van der Waals surface area contributed by atoms with Gasteiger partial charge in [0, 0.05) is 6.42 Å². The minimum atomic E-state index is -2.25. The van der Waals surface area contributed by atoms with Crippen LogP contribution in [0.15, 0.2) is 24.1 Å². The topological polar surface area (TPSA) is 0 Å². The number of hydrogen-bond acceptors (Lipinski definition) is 0. The van der Waals surface area contributed by atoms with Crippen molar-refractivity contribution in [2.75, 3.05) is 0 Å². The largest absolute Gasteiger partial charge is 0.301 e. The first-order valence-electron chi connectivity index (χ1n) is 2.38. The minimum absolute atomic E-state index is 0.359. The van der Waals surface area contributed by atoms with Crippen LogP contribution in [0.5, 0.6) is 0 Å². The molecule has 0 unspecified atom stereocenters. The maximum Gasteiger partial charge on any atom is 0.301 e. The molecule has 0 fully saturated rings. The summed E-state index contributed by atoms with van der Waals surface area (Å²) in [5, 5.41) is 0. The summed E-state index contributed by atoms with van der Waals surface area (Å²) < 4.78 is 34.3. The van der Waals surface area contributed by atoms with Gasteiger partial charge in [0.1, 0.15) is 0 Å². The Morgan fingerprint density at radius 1 is 1.33 bits per heavy atom. The van der Waals surface area contributed by atoms with Crippen LogP contribution in [-0.4, -0.2) is 0 Å². The fourth-order valence-electron chi connectivity index (χ4n) is 0.332. The predicted octanol–water partition coefficient (Wildman–Crippen LogP) is 3.03. The van der Waals surface area contributed by atoms with Crippen LogP contribution in [0, 0.1) is 0 Å². The van der Waals surface area contributed by atoms with E-state index in [4.69, 9.17) is 0 Å². The molecular formula is C6H7F3. The third-order valence-corrected chi connectivity index (χ3v) is 0.662. The van der Waals surface area contributed by atoms with Crippen molar-refractivity contribution in [2.45, 2.75) is 13.3 Å². The predicted molar refractivity (Wildman–Crippen MR) is 29.8 cm³/mol. The Morgan fingerprint density at radius 3 is 1.89 bits per heavy atom. The molecule has 0 saturated heterocycles. The van der Waals surface area contributed by atoms with Crippen molar-refractivity contribution in [3.8, 4) is 0 Å². The monoisotopic (exact) mass is 136 g/mol. The van der Waals surface area contributed by atoms with Crippen LogP contribution in [0.4, 0.5) is 13.2 Å². The third kappa shape index (κ3) is 3.82. The average molecular weight is 136 g/mol. The van der Waals surface area contributed by atoms with Crippen molar-refractivity contribution in [1.82, 2.24) is 0 Å². The molecule has 0 heterocycles. The summed E-state index contributed by atoms with van der Waals surface area (Å²) in [5.41, 5.74) is 0.389. The first kappa shape index (κ1) is 8.27. The molecular weight excluding hydrogens is 129 g/mol. The molecule has 0 aromatic heterocycles. The highest BCUT2D eigenvalue weighted by molar-refractivity contribution is 5.04. The van der Waals surface area contributed by atoms with E-state index < -0.39 is 11.9 Å². The van der Waals surface area contributed by atoms with Crippen molar-refractivity contribution in [3.63, 3.8) is 0 Å². The Morgan fingerprint density at radius 2 is 1.78 bits per heavy atom. The number of hydrogen-bond donors (Lipinski definition) is 0. The molecule has 0 nitrogen and oxygen atoms in total. The molecule has 3 heteroatoms. The second-order valence-corrected chi connectivity index (χ2v) is 1.80. The van der Waals surface area contributed by atoms with Crippen molar-refractivity contribution in [1.29, 1.82) is 0 Å². The standard InChI is InChI=1S/C6H7F3/c1-4(2)3-5(7)6(8)9/h1,3H2,2H3. The molecule has 0 aliphatic heterocycles. The lowest BCUT2D eigenvalue weighted by atomic mass is 10.2. The first-order valence-corrected chi connectivity index (χ1v) is 2.38. The maximum absolute atomic E-state index is 11.8. The van der Waals surface area contributed by atoms with Gasteiger partial charge in [0.15, 0.2) is 5.83 Å². The summed E-state index contributed by atoms with van der Waals surface area (Å²) in [6, 6.07) is 0. The summed E-state index contributed by atoms with van der Waals surface area (Å²) in [6.07, 6.45) is -2.61. The minimum Gasteiger partial charge on any atom is -0.206 e. The lowest BCUT2D eigenvalue weighted by Gasteiger charge is -1.91. The van der Waals surface area contributed by atoms with E-state index in [1.165, 1.54) is 6.92 Å². The zero-order chi connectivity index (χ0) is 7.44. The summed E-state index contributed by atoms with van der Waals surface area (Å²) in [4.78, 5) is 0. The molecule has 0 aromatic rings. The number of halogens is 3. The second kappa shape index (κ2) is 3.33. The SMILES string of the molecule is C=C(C)CC(F)=C(F)F. The molecule has 0 bridgehead atoms. The van der Waals surface area contributed by atoms with E-state index in [0.717, 1.165) is 0 Å². The molecule has 0 aliphatic rings. The number of allylic oxidation sites excluding steroid dienone is 2. The fraction of sp³-hybridized carbons (Fsp3) is 0.333. The van der Waals surface area contributed by atoms with Crippen molar-refractivity contribution in [3.05, 3.63) is 24.1 Å². The highest BCUT2D eigenvalue weighted by Gasteiger charge is 2.03. The molecule has 0 N–H and O–H groups in total. The van der Waals surface area contributed by atoms with E-state index >= 15 is 0 Å². The van der Waals surface area contributed by atoms with Crippen LogP contribution in [-0.2, 0) is 0 Å². The zero-order valence-electron chi connectivity index (χ0n) is 5.05. The van der Waals surface area contributed by atoms with Crippen molar-refractivity contribution >= 4 is 0 Å². The van der Waals surface area contributed by atoms with Gasteiger partial charge in [-0.1, -0.05) is 12.2 Å². The van der Waals surface area contributed by atoms with Gasteiger partial charge in [0.05, 0.1) is 0 Å². The molecule has 0 saturated carbocycles. The normalized spacial score (nSPS) is 8.89. The summed E-state index contributed by atoms with van der Waals surface area (Å²) in [5.74, 6) is -1.39. The van der Waals surface area contributed by atoms with Gasteiger partial charge in [-0.05, 0) is 6.92 Å². The quantitative estimate of drug-likeness (QED) is 0.512. The average Bonchev–Trinajstić information content (AvgIpc) is 1.63. The molecule has 0 spiro atoms. The fourth-order valence-corrected chi connectivity index (χ4v) is 0.332. The first-order chi connectivity index (χ1) is 4.04.